The van der Waals surface area contributed by atoms with Gasteiger partial charge < -0.3 is 29.6 Å². The van der Waals surface area contributed by atoms with Crippen LogP contribution in [0, 0.1) is 20.2 Å². The van der Waals surface area contributed by atoms with Crippen LogP contribution in [0.2, 0.25) is 0 Å². The van der Waals surface area contributed by atoms with Crippen molar-refractivity contribution in [3.05, 3.63) is 45.3 Å². The van der Waals surface area contributed by atoms with E-state index in [-0.39, 0.29) is 6.54 Å². The molecule has 170 valence electrons. The first-order valence-electron chi connectivity index (χ1n) is 8.80. The zero-order valence-corrected chi connectivity index (χ0v) is 16.8. The maximum absolute atomic E-state index is 13.2. The molecule has 0 aromatic carbocycles. The van der Waals surface area contributed by atoms with Crippen LogP contribution in [0.3, 0.4) is 0 Å². The monoisotopic (exact) mass is 447 g/mol. The van der Waals surface area contributed by atoms with Gasteiger partial charge in [0.15, 0.2) is 0 Å². The first-order chi connectivity index (χ1) is 14.2. The largest absolute Gasteiger partial charge is 0.401 e. The quantitative estimate of drug-likeness (QED) is 0.306. The summed E-state index contributed by atoms with van der Waals surface area (Å²) in [5.41, 5.74) is -2.67. The highest BCUT2D eigenvalue weighted by atomic mass is 19.4. The van der Waals surface area contributed by atoms with Crippen molar-refractivity contribution < 1.29 is 27.8 Å². The van der Waals surface area contributed by atoms with Gasteiger partial charge in [-0.15, -0.1) is 0 Å². The molecule has 0 aliphatic heterocycles. The van der Waals surface area contributed by atoms with Gasteiger partial charge in [-0.1, -0.05) is 0 Å². The summed E-state index contributed by atoms with van der Waals surface area (Å²) in [6.45, 7) is 2.34. The number of carbonyl (C=O) groups excluding carboxylic acids is 1. The predicted octanol–water partition coefficient (Wildman–Crippen LogP) is 2.11. The topological polar surface area (TPSA) is 142 Å². The van der Waals surface area contributed by atoms with E-state index in [1.165, 1.54) is 11.5 Å². The Morgan fingerprint density at radius 3 is 1.87 bits per heavy atom. The van der Waals surface area contributed by atoms with Crippen molar-refractivity contribution in [3.8, 4) is 0 Å². The van der Waals surface area contributed by atoms with Crippen LogP contribution in [0.4, 0.5) is 24.8 Å². The Morgan fingerprint density at radius 1 is 0.968 bits per heavy atom. The number of aromatic nitrogens is 4. The lowest BCUT2D eigenvalue weighted by molar-refractivity contribution is -0.389. The smallest absolute Gasteiger partial charge is 0.358 e. The lowest BCUT2D eigenvalue weighted by Gasteiger charge is -2.37. The summed E-state index contributed by atoms with van der Waals surface area (Å²) in [4.78, 5) is 40.1. The highest BCUT2D eigenvalue weighted by Gasteiger charge is 2.39. The molecule has 0 bridgehead atoms. The zero-order chi connectivity index (χ0) is 23.6. The minimum Gasteiger partial charge on any atom is -0.358 e. The molecule has 0 amide bonds. The molecule has 1 unspecified atom stereocenters. The molecule has 2 heterocycles. The van der Waals surface area contributed by atoms with Crippen LogP contribution in [0.15, 0.2) is 25.0 Å². The molecule has 15 heteroatoms. The Hall–Kier alpha value is -3.36. The van der Waals surface area contributed by atoms with Gasteiger partial charge in [-0.2, -0.15) is 13.2 Å². The van der Waals surface area contributed by atoms with Gasteiger partial charge >= 0.3 is 17.8 Å². The van der Waals surface area contributed by atoms with Crippen LogP contribution in [-0.2, 0) is 15.9 Å². The molecule has 0 fully saturated rings. The molecular weight excluding hydrogens is 427 g/mol. The first-order valence-corrected chi connectivity index (χ1v) is 8.80. The van der Waals surface area contributed by atoms with Gasteiger partial charge in [0, 0.05) is 13.1 Å². The van der Waals surface area contributed by atoms with E-state index in [0.717, 1.165) is 34.5 Å². The van der Waals surface area contributed by atoms with E-state index >= 15 is 0 Å². The summed E-state index contributed by atoms with van der Waals surface area (Å²) in [5.74, 6) is -1.01. The summed E-state index contributed by atoms with van der Waals surface area (Å²) >= 11 is 0. The Morgan fingerprint density at radius 2 is 1.45 bits per heavy atom. The average Bonchev–Trinajstić information content (AvgIpc) is 3.30. The molecule has 0 saturated heterocycles. The first kappa shape index (κ1) is 23.9. The van der Waals surface area contributed by atoms with Crippen LogP contribution in [0.1, 0.15) is 20.8 Å². The number of carbonyl (C=O) groups is 1. The Bertz CT molecular complexity index is 971. The molecule has 0 saturated carbocycles. The third-order valence-corrected chi connectivity index (χ3v) is 4.61. The van der Waals surface area contributed by atoms with Crippen molar-refractivity contribution in [3.63, 3.8) is 0 Å². The lowest BCUT2D eigenvalue weighted by atomic mass is 10.00. The zero-order valence-electron chi connectivity index (χ0n) is 16.8. The second kappa shape index (κ2) is 8.41. The molecule has 0 spiro atoms. The molecule has 0 aliphatic rings. The van der Waals surface area contributed by atoms with Crippen LogP contribution in [0.25, 0.3) is 0 Å². The summed E-state index contributed by atoms with van der Waals surface area (Å²) in [6.07, 6.45) is -0.0161. The van der Waals surface area contributed by atoms with Crippen molar-refractivity contribution >= 4 is 17.9 Å². The number of hydrogen-bond donors (Lipinski definition) is 0. The molecule has 31 heavy (non-hydrogen) atoms. The second-order valence-corrected chi connectivity index (χ2v) is 7.84. The number of nitro groups is 2. The number of imidazole rings is 2. The molecule has 1 atom stereocenters. The minimum atomic E-state index is -4.61. The predicted molar refractivity (Wildman–Crippen MR) is 99.3 cm³/mol. The third-order valence-electron chi connectivity index (χ3n) is 4.61. The number of nitrogens with zero attached hydrogens (tertiary/aromatic N) is 7. The van der Waals surface area contributed by atoms with Gasteiger partial charge in [0.2, 0.25) is 12.7 Å². The fourth-order valence-electron chi connectivity index (χ4n) is 3.11. The maximum Gasteiger partial charge on any atom is 0.401 e. The minimum absolute atomic E-state index is 0.264. The van der Waals surface area contributed by atoms with Gasteiger partial charge in [-0.3, -0.25) is 9.47 Å². The standard InChI is InChI=1S/C16H20F3N7O5/c1-14(2,23-4-12(20-10-23)25(28)29)6-22(8-16(17,18)19)7-15(3,9-27)24-5-13(21-11-24)26(30)31/h4-5,9-11H,6-8H2,1-3H3. The third kappa shape index (κ3) is 5.84. The molecule has 0 radical (unpaired) electrons. The van der Waals surface area contributed by atoms with E-state index in [2.05, 4.69) is 9.97 Å². The Kier molecular flexibility index (Phi) is 6.49. The van der Waals surface area contributed by atoms with Gasteiger partial charge in [0.05, 0.1) is 12.1 Å². The van der Waals surface area contributed by atoms with Crippen LogP contribution in [-0.4, -0.2) is 65.9 Å². The number of hydrogen-bond acceptors (Lipinski definition) is 8. The lowest BCUT2D eigenvalue weighted by Crippen LogP contribution is -2.51. The summed E-state index contributed by atoms with van der Waals surface area (Å²) < 4.78 is 42.1. The van der Waals surface area contributed by atoms with Crippen LogP contribution in [0.5, 0.6) is 0 Å². The molecule has 12 nitrogen and oxygen atoms in total. The molecule has 2 aromatic heterocycles. The summed E-state index contributed by atoms with van der Waals surface area (Å²) in [5, 5.41) is 21.7. The molecule has 0 aliphatic carbocycles. The van der Waals surface area contributed by atoms with Crippen molar-refractivity contribution in [1.29, 1.82) is 0 Å². The fourth-order valence-corrected chi connectivity index (χ4v) is 3.11. The van der Waals surface area contributed by atoms with E-state index in [1.807, 2.05) is 0 Å². The normalized spacial score (nSPS) is 14.4. The van der Waals surface area contributed by atoms with Crippen molar-refractivity contribution in [1.82, 2.24) is 24.0 Å². The molecule has 0 N–H and O–H groups in total. The highest BCUT2D eigenvalue weighted by Crippen LogP contribution is 2.26. The van der Waals surface area contributed by atoms with Gasteiger partial charge in [-0.25, -0.2) is 0 Å². The number of aldehydes is 1. The van der Waals surface area contributed by atoms with Crippen molar-refractivity contribution in [2.45, 2.75) is 38.0 Å². The van der Waals surface area contributed by atoms with Crippen LogP contribution < -0.4 is 0 Å². The van der Waals surface area contributed by atoms with Gasteiger partial charge in [0.1, 0.15) is 24.2 Å². The summed E-state index contributed by atoms with van der Waals surface area (Å²) in [6, 6.07) is 0. The molecular formula is C16H20F3N7O5. The van der Waals surface area contributed by atoms with E-state index in [4.69, 9.17) is 0 Å². The number of halogens is 3. The van der Waals surface area contributed by atoms with E-state index in [1.54, 1.807) is 13.8 Å². The van der Waals surface area contributed by atoms with E-state index in [0.29, 0.717) is 6.29 Å². The average molecular weight is 447 g/mol. The highest BCUT2D eigenvalue weighted by molar-refractivity contribution is 5.62. The number of alkyl halides is 3. The van der Waals surface area contributed by atoms with Crippen molar-refractivity contribution in [2.75, 3.05) is 19.6 Å². The second-order valence-electron chi connectivity index (χ2n) is 7.84. The van der Waals surface area contributed by atoms with Gasteiger partial charge in [-0.05, 0) is 40.6 Å². The van der Waals surface area contributed by atoms with Gasteiger partial charge in [0.25, 0.3) is 0 Å². The molecule has 2 aromatic rings. The number of rotatable bonds is 10. The van der Waals surface area contributed by atoms with E-state index < -0.39 is 51.8 Å². The van der Waals surface area contributed by atoms with Crippen LogP contribution >= 0.6 is 0 Å². The Balaban J connectivity index is 2.34. The fraction of sp³-hybridized carbons (Fsp3) is 0.562. The summed E-state index contributed by atoms with van der Waals surface area (Å²) in [7, 11) is 0. The molecule has 2 rings (SSSR count). The van der Waals surface area contributed by atoms with Crippen molar-refractivity contribution in [2.24, 2.45) is 0 Å². The van der Waals surface area contributed by atoms with E-state index in [9.17, 15) is 38.2 Å². The Labute approximate surface area is 173 Å². The maximum atomic E-state index is 13.2. The SMILES string of the molecule is CC(C)(CN(CC(F)(F)F)CC(C)(C=O)n1cnc([N+](=O)[O-])c1)n1cnc([N+](=O)[O-])c1.